The van der Waals surface area contributed by atoms with Crippen molar-refractivity contribution in [2.75, 3.05) is 11.9 Å². The Balaban J connectivity index is 2.35. The molecule has 1 fully saturated rings. The predicted molar refractivity (Wildman–Crippen MR) is 69.8 cm³/mol. The van der Waals surface area contributed by atoms with E-state index in [4.69, 9.17) is 5.11 Å². The predicted octanol–water partition coefficient (Wildman–Crippen LogP) is 1.40. The van der Waals surface area contributed by atoms with Crippen molar-refractivity contribution in [1.29, 1.82) is 0 Å². The van der Waals surface area contributed by atoms with Crippen LogP contribution in [0, 0.1) is 10.1 Å². The van der Waals surface area contributed by atoms with Gasteiger partial charge in [-0.1, -0.05) is 12.8 Å². The first-order valence-corrected chi connectivity index (χ1v) is 6.24. The normalized spacial score (nSPS) is 16.9. The third-order valence-corrected chi connectivity index (χ3v) is 3.56. The van der Waals surface area contributed by atoms with Crippen LogP contribution >= 0.6 is 0 Å². The number of aliphatic hydroxyl groups excluding tert-OH is 1. The molecule has 8 heteroatoms. The fraction of sp³-hybridized carbons (Fsp3) is 0.500. The zero-order valence-corrected chi connectivity index (χ0v) is 10.7. The van der Waals surface area contributed by atoms with Crippen LogP contribution in [-0.2, 0) is 0 Å². The van der Waals surface area contributed by atoms with E-state index in [1.807, 2.05) is 0 Å². The standard InChI is InChI=1S/C12H15N3O5/c16-7-12(3-1-2-4-12)14-10-9(15(19)20)5-8(6-13-10)11(17)18/h5-6,16H,1-4,7H2,(H,13,14)(H,17,18). The molecule has 0 unspecified atom stereocenters. The largest absolute Gasteiger partial charge is 0.478 e. The number of hydrogen-bond acceptors (Lipinski definition) is 6. The van der Waals surface area contributed by atoms with Gasteiger partial charge in [0.15, 0.2) is 0 Å². The SMILES string of the molecule is O=C(O)c1cnc(NC2(CO)CCCC2)c([N+](=O)[O-])c1. The Kier molecular flexibility index (Phi) is 3.84. The van der Waals surface area contributed by atoms with Gasteiger partial charge >= 0.3 is 11.7 Å². The number of carbonyl (C=O) groups is 1. The van der Waals surface area contributed by atoms with Gasteiger partial charge in [0.05, 0.1) is 22.6 Å². The van der Waals surface area contributed by atoms with E-state index in [1.165, 1.54) is 0 Å². The van der Waals surface area contributed by atoms with Crippen LogP contribution in [0.5, 0.6) is 0 Å². The van der Waals surface area contributed by atoms with E-state index in [0.29, 0.717) is 12.8 Å². The van der Waals surface area contributed by atoms with E-state index < -0.39 is 22.1 Å². The first-order valence-electron chi connectivity index (χ1n) is 6.24. The van der Waals surface area contributed by atoms with E-state index in [-0.39, 0.29) is 18.0 Å². The molecule has 3 N–H and O–H groups in total. The topological polar surface area (TPSA) is 126 Å². The maximum atomic E-state index is 11.0. The highest BCUT2D eigenvalue weighted by molar-refractivity contribution is 5.88. The second kappa shape index (κ2) is 5.41. The first-order chi connectivity index (χ1) is 9.47. The fourth-order valence-electron chi connectivity index (χ4n) is 2.43. The van der Waals surface area contributed by atoms with Crippen molar-refractivity contribution in [1.82, 2.24) is 4.98 Å². The Morgan fingerprint density at radius 2 is 2.15 bits per heavy atom. The average Bonchev–Trinajstić information content (AvgIpc) is 2.88. The van der Waals surface area contributed by atoms with E-state index in [2.05, 4.69) is 10.3 Å². The van der Waals surface area contributed by atoms with Crippen LogP contribution in [0.25, 0.3) is 0 Å². The third kappa shape index (κ3) is 2.69. The molecule has 20 heavy (non-hydrogen) atoms. The van der Waals surface area contributed by atoms with Crippen molar-refractivity contribution in [3.8, 4) is 0 Å². The lowest BCUT2D eigenvalue weighted by molar-refractivity contribution is -0.384. The van der Waals surface area contributed by atoms with Gasteiger partial charge in [0.25, 0.3) is 0 Å². The molecule has 108 valence electrons. The van der Waals surface area contributed by atoms with Gasteiger partial charge in [0.1, 0.15) is 0 Å². The molecule has 0 radical (unpaired) electrons. The summed E-state index contributed by atoms with van der Waals surface area (Å²) in [7, 11) is 0. The molecule has 2 rings (SSSR count). The van der Waals surface area contributed by atoms with E-state index >= 15 is 0 Å². The van der Waals surface area contributed by atoms with Crippen molar-refractivity contribution in [3.63, 3.8) is 0 Å². The Morgan fingerprint density at radius 3 is 2.65 bits per heavy atom. The molecule has 0 spiro atoms. The minimum atomic E-state index is -1.27. The van der Waals surface area contributed by atoms with E-state index in [9.17, 15) is 20.0 Å². The summed E-state index contributed by atoms with van der Waals surface area (Å²) < 4.78 is 0. The average molecular weight is 281 g/mol. The lowest BCUT2D eigenvalue weighted by Crippen LogP contribution is -2.39. The number of carboxylic acids is 1. The Labute approximate surface area is 114 Å². The van der Waals surface area contributed by atoms with Gasteiger partial charge in [0.2, 0.25) is 5.82 Å². The minimum Gasteiger partial charge on any atom is -0.478 e. The van der Waals surface area contributed by atoms with Gasteiger partial charge in [0, 0.05) is 12.3 Å². The highest BCUT2D eigenvalue weighted by Crippen LogP contribution is 2.35. The van der Waals surface area contributed by atoms with Crippen LogP contribution in [0.1, 0.15) is 36.0 Å². The van der Waals surface area contributed by atoms with E-state index in [0.717, 1.165) is 25.1 Å². The highest BCUT2D eigenvalue weighted by Gasteiger charge is 2.35. The molecule has 8 nitrogen and oxygen atoms in total. The second-order valence-electron chi connectivity index (χ2n) is 4.92. The summed E-state index contributed by atoms with van der Waals surface area (Å²) in [6.45, 7) is -0.146. The zero-order valence-electron chi connectivity index (χ0n) is 10.7. The molecular formula is C12H15N3O5. The van der Waals surface area contributed by atoms with Gasteiger partial charge in [-0.15, -0.1) is 0 Å². The molecule has 0 bridgehead atoms. The van der Waals surface area contributed by atoms with Gasteiger partial charge in [-0.2, -0.15) is 0 Å². The molecule has 1 aliphatic carbocycles. The number of aromatic carboxylic acids is 1. The molecule has 1 aromatic heterocycles. The number of aromatic nitrogens is 1. The number of nitro groups is 1. The summed E-state index contributed by atoms with van der Waals surface area (Å²) >= 11 is 0. The van der Waals surface area contributed by atoms with Crippen molar-refractivity contribution in [2.24, 2.45) is 0 Å². The molecule has 1 aromatic rings. The molecule has 0 amide bonds. The van der Waals surface area contributed by atoms with Crippen LogP contribution in [0.4, 0.5) is 11.5 Å². The van der Waals surface area contributed by atoms with Crippen molar-refractivity contribution in [3.05, 3.63) is 27.9 Å². The van der Waals surface area contributed by atoms with Crippen molar-refractivity contribution >= 4 is 17.5 Å². The Hall–Kier alpha value is -2.22. The molecule has 1 aliphatic rings. The van der Waals surface area contributed by atoms with Gasteiger partial charge in [-0.05, 0) is 12.8 Å². The van der Waals surface area contributed by atoms with Crippen LogP contribution in [0.3, 0.4) is 0 Å². The number of rotatable bonds is 5. The summed E-state index contributed by atoms with van der Waals surface area (Å²) in [5.74, 6) is -1.28. The summed E-state index contributed by atoms with van der Waals surface area (Å²) in [5.41, 5.74) is -1.25. The monoisotopic (exact) mass is 281 g/mol. The Bertz CT molecular complexity index is 540. The molecule has 0 aromatic carbocycles. The quantitative estimate of drug-likeness (QED) is 0.550. The van der Waals surface area contributed by atoms with Crippen LogP contribution in [-0.4, -0.2) is 38.2 Å². The Morgan fingerprint density at radius 1 is 1.50 bits per heavy atom. The number of carboxylic acid groups (broad SMARTS) is 1. The van der Waals surface area contributed by atoms with Crippen LogP contribution in [0.15, 0.2) is 12.3 Å². The number of pyridine rings is 1. The van der Waals surface area contributed by atoms with E-state index in [1.54, 1.807) is 0 Å². The smallest absolute Gasteiger partial charge is 0.337 e. The highest BCUT2D eigenvalue weighted by atomic mass is 16.6. The van der Waals surface area contributed by atoms with Crippen molar-refractivity contribution in [2.45, 2.75) is 31.2 Å². The van der Waals surface area contributed by atoms with Crippen LogP contribution < -0.4 is 5.32 Å². The number of nitrogens with zero attached hydrogens (tertiary/aromatic N) is 2. The summed E-state index contributed by atoms with van der Waals surface area (Å²) in [6.07, 6.45) is 4.31. The summed E-state index contributed by atoms with van der Waals surface area (Å²) in [4.78, 5) is 25.0. The molecule has 0 atom stereocenters. The number of nitrogens with one attached hydrogen (secondary N) is 1. The summed E-state index contributed by atoms with van der Waals surface area (Å²) in [5, 5.41) is 32.3. The lowest BCUT2D eigenvalue weighted by atomic mass is 9.99. The second-order valence-corrected chi connectivity index (χ2v) is 4.92. The maximum Gasteiger partial charge on any atom is 0.337 e. The molecular weight excluding hydrogens is 266 g/mol. The lowest BCUT2D eigenvalue weighted by Gasteiger charge is -2.28. The zero-order chi connectivity index (χ0) is 14.8. The molecule has 1 saturated carbocycles. The molecule has 0 saturated heterocycles. The van der Waals surface area contributed by atoms with Gasteiger partial charge < -0.3 is 15.5 Å². The van der Waals surface area contributed by atoms with Crippen molar-refractivity contribution < 1.29 is 19.9 Å². The van der Waals surface area contributed by atoms with Gasteiger partial charge in [-0.3, -0.25) is 10.1 Å². The minimum absolute atomic E-state index is 0.00375. The third-order valence-electron chi connectivity index (χ3n) is 3.56. The summed E-state index contributed by atoms with van der Waals surface area (Å²) in [6, 6.07) is 0.970. The number of hydrogen-bond donors (Lipinski definition) is 3. The number of anilines is 1. The van der Waals surface area contributed by atoms with Crippen LogP contribution in [0.2, 0.25) is 0 Å². The van der Waals surface area contributed by atoms with Gasteiger partial charge in [-0.25, -0.2) is 9.78 Å². The number of aliphatic hydroxyl groups is 1. The molecule has 0 aliphatic heterocycles. The fourth-order valence-corrected chi connectivity index (χ4v) is 2.43. The first kappa shape index (κ1) is 14.2. The molecule has 1 heterocycles. The maximum absolute atomic E-state index is 11.0.